The lowest BCUT2D eigenvalue weighted by atomic mass is 10.1. The van der Waals surface area contributed by atoms with E-state index in [0.717, 1.165) is 11.3 Å². The molecule has 0 amide bonds. The third-order valence-corrected chi connectivity index (χ3v) is 3.22. The van der Waals surface area contributed by atoms with Crippen LogP contribution >= 0.6 is 0 Å². The van der Waals surface area contributed by atoms with Gasteiger partial charge in [-0.1, -0.05) is 30.3 Å². The van der Waals surface area contributed by atoms with Gasteiger partial charge < -0.3 is 10.1 Å². The molecule has 0 aliphatic rings. The van der Waals surface area contributed by atoms with Gasteiger partial charge in [0.2, 0.25) is 5.95 Å². The molecular weight excluding hydrogens is 278 g/mol. The molecule has 0 saturated heterocycles. The Labute approximate surface area is 127 Å². The van der Waals surface area contributed by atoms with Crippen molar-refractivity contribution in [2.75, 3.05) is 12.4 Å². The van der Waals surface area contributed by atoms with E-state index in [9.17, 15) is 4.79 Å². The number of H-pyrrole nitrogens is 1. The molecule has 2 N–H and O–H groups in total. The van der Waals surface area contributed by atoms with Crippen LogP contribution in [0.25, 0.3) is 11.1 Å². The van der Waals surface area contributed by atoms with E-state index in [1.165, 1.54) is 0 Å². The molecule has 3 rings (SSSR count). The Kier molecular flexibility index (Phi) is 3.87. The number of anilines is 2. The van der Waals surface area contributed by atoms with E-state index in [1.807, 2.05) is 48.5 Å². The van der Waals surface area contributed by atoms with Gasteiger partial charge in [-0.25, -0.2) is 4.98 Å². The summed E-state index contributed by atoms with van der Waals surface area (Å²) in [7, 11) is 1.59. The number of nitrogens with one attached hydrogen (secondary N) is 2. The van der Waals surface area contributed by atoms with Gasteiger partial charge in [-0.3, -0.25) is 9.78 Å². The van der Waals surface area contributed by atoms with Crippen LogP contribution < -0.4 is 15.6 Å². The third-order valence-electron chi connectivity index (χ3n) is 3.22. The molecule has 0 atom stereocenters. The van der Waals surface area contributed by atoms with E-state index in [4.69, 9.17) is 4.74 Å². The van der Waals surface area contributed by atoms with Crippen molar-refractivity contribution in [2.24, 2.45) is 0 Å². The molecule has 5 heteroatoms. The first-order valence-electron chi connectivity index (χ1n) is 6.82. The summed E-state index contributed by atoms with van der Waals surface area (Å²) >= 11 is 0. The summed E-state index contributed by atoms with van der Waals surface area (Å²) in [6.07, 6.45) is 1.55. The molecule has 0 aliphatic carbocycles. The number of para-hydroxylation sites is 1. The predicted octanol–water partition coefficient (Wildman–Crippen LogP) is 3.19. The molecule has 1 aromatic heterocycles. The monoisotopic (exact) mass is 293 g/mol. The van der Waals surface area contributed by atoms with Gasteiger partial charge in [0.15, 0.2) is 0 Å². The van der Waals surface area contributed by atoms with Crippen molar-refractivity contribution in [2.45, 2.75) is 0 Å². The molecule has 5 nitrogen and oxygen atoms in total. The van der Waals surface area contributed by atoms with Crippen LogP contribution in [-0.2, 0) is 0 Å². The fraction of sp³-hybridized carbons (Fsp3) is 0.0588. The van der Waals surface area contributed by atoms with Crippen molar-refractivity contribution in [1.29, 1.82) is 0 Å². The van der Waals surface area contributed by atoms with Crippen LogP contribution in [0.5, 0.6) is 5.75 Å². The highest BCUT2D eigenvalue weighted by atomic mass is 16.5. The normalized spacial score (nSPS) is 10.2. The molecule has 2 aromatic carbocycles. The van der Waals surface area contributed by atoms with E-state index < -0.39 is 0 Å². The Morgan fingerprint density at radius 3 is 2.64 bits per heavy atom. The second-order valence-electron chi connectivity index (χ2n) is 4.70. The molecular formula is C17H15N3O2. The van der Waals surface area contributed by atoms with Crippen molar-refractivity contribution in [3.05, 3.63) is 71.1 Å². The van der Waals surface area contributed by atoms with Gasteiger partial charge in [-0.15, -0.1) is 0 Å². The van der Waals surface area contributed by atoms with Crippen LogP contribution in [0.15, 0.2) is 65.6 Å². The lowest BCUT2D eigenvalue weighted by Crippen LogP contribution is -2.12. The number of rotatable bonds is 4. The highest BCUT2D eigenvalue weighted by Gasteiger charge is 2.06. The molecule has 0 bridgehead atoms. The molecule has 0 saturated carbocycles. The average molecular weight is 293 g/mol. The quantitative estimate of drug-likeness (QED) is 0.775. The van der Waals surface area contributed by atoms with Crippen LogP contribution in [0.3, 0.4) is 0 Å². The van der Waals surface area contributed by atoms with Crippen molar-refractivity contribution in [3.63, 3.8) is 0 Å². The summed E-state index contributed by atoms with van der Waals surface area (Å²) in [6, 6.07) is 16.9. The Hall–Kier alpha value is -3.08. The molecule has 0 radical (unpaired) electrons. The van der Waals surface area contributed by atoms with Crippen LogP contribution in [0.1, 0.15) is 0 Å². The van der Waals surface area contributed by atoms with Gasteiger partial charge in [0, 0.05) is 11.9 Å². The smallest absolute Gasteiger partial charge is 0.260 e. The molecule has 1 heterocycles. The van der Waals surface area contributed by atoms with Crippen LogP contribution in [-0.4, -0.2) is 17.1 Å². The Morgan fingerprint density at radius 1 is 1.09 bits per heavy atom. The minimum Gasteiger partial charge on any atom is -0.497 e. The zero-order valence-electron chi connectivity index (χ0n) is 12.0. The summed E-state index contributed by atoms with van der Waals surface area (Å²) in [6.45, 7) is 0. The fourth-order valence-electron chi connectivity index (χ4n) is 2.11. The summed E-state index contributed by atoms with van der Waals surface area (Å²) in [5.41, 5.74) is 1.92. The topological polar surface area (TPSA) is 67.0 Å². The third kappa shape index (κ3) is 2.98. The number of aromatic amines is 1. The van der Waals surface area contributed by atoms with Gasteiger partial charge in [0.05, 0.1) is 12.7 Å². The Morgan fingerprint density at radius 2 is 1.91 bits per heavy atom. The molecule has 0 unspecified atom stereocenters. The SMILES string of the molecule is COc1cccc(-c2cnc(Nc3ccccc3)[nH]c2=O)c1. The predicted molar refractivity (Wildman–Crippen MR) is 86.6 cm³/mol. The number of benzene rings is 2. The summed E-state index contributed by atoms with van der Waals surface area (Å²) in [4.78, 5) is 19.3. The lowest BCUT2D eigenvalue weighted by molar-refractivity contribution is 0.415. The Bertz CT molecular complexity index is 829. The molecule has 3 aromatic rings. The largest absolute Gasteiger partial charge is 0.497 e. The van der Waals surface area contributed by atoms with Crippen molar-refractivity contribution < 1.29 is 4.74 Å². The van der Waals surface area contributed by atoms with Crippen LogP contribution in [0.4, 0.5) is 11.6 Å². The Balaban J connectivity index is 1.90. The van der Waals surface area contributed by atoms with E-state index in [-0.39, 0.29) is 5.56 Å². The lowest BCUT2D eigenvalue weighted by Gasteiger charge is -2.07. The molecule has 22 heavy (non-hydrogen) atoms. The first-order chi connectivity index (χ1) is 10.8. The molecule has 0 fully saturated rings. The van der Waals surface area contributed by atoms with Gasteiger partial charge >= 0.3 is 0 Å². The first kappa shape index (κ1) is 13.9. The van der Waals surface area contributed by atoms with E-state index in [2.05, 4.69) is 15.3 Å². The second kappa shape index (κ2) is 6.13. The number of hydrogen-bond acceptors (Lipinski definition) is 4. The van der Waals surface area contributed by atoms with Crippen molar-refractivity contribution in [3.8, 4) is 16.9 Å². The first-order valence-corrected chi connectivity index (χ1v) is 6.82. The standard InChI is InChI=1S/C17H15N3O2/c1-22-14-9-5-6-12(10-14)15-11-18-17(20-16(15)21)19-13-7-3-2-4-8-13/h2-11H,1H3,(H2,18,19,20,21). The maximum Gasteiger partial charge on any atom is 0.260 e. The summed E-state index contributed by atoms with van der Waals surface area (Å²) in [5.74, 6) is 1.10. The van der Waals surface area contributed by atoms with E-state index in [1.54, 1.807) is 19.4 Å². The molecule has 110 valence electrons. The number of methoxy groups -OCH3 is 1. The summed E-state index contributed by atoms with van der Waals surface area (Å²) < 4.78 is 5.17. The van der Waals surface area contributed by atoms with E-state index >= 15 is 0 Å². The van der Waals surface area contributed by atoms with Crippen molar-refractivity contribution >= 4 is 11.6 Å². The van der Waals surface area contributed by atoms with Gasteiger partial charge in [0.1, 0.15) is 5.75 Å². The van der Waals surface area contributed by atoms with E-state index in [0.29, 0.717) is 17.3 Å². The minimum atomic E-state index is -0.207. The van der Waals surface area contributed by atoms with Gasteiger partial charge in [-0.05, 0) is 29.8 Å². The zero-order chi connectivity index (χ0) is 15.4. The number of aromatic nitrogens is 2. The fourth-order valence-corrected chi connectivity index (χ4v) is 2.11. The zero-order valence-corrected chi connectivity index (χ0v) is 12.0. The maximum atomic E-state index is 12.3. The minimum absolute atomic E-state index is 0.207. The van der Waals surface area contributed by atoms with Crippen molar-refractivity contribution in [1.82, 2.24) is 9.97 Å². The number of ether oxygens (including phenoxy) is 1. The molecule has 0 aliphatic heterocycles. The summed E-state index contributed by atoms with van der Waals surface area (Å²) in [5, 5.41) is 3.05. The number of hydrogen-bond donors (Lipinski definition) is 2. The van der Waals surface area contributed by atoms with Crippen LogP contribution in [0.2, 0.25) is 0 Å². The van der Waals surface area contributed by atoms with Crippen LogP contribution in [0, 0.1) is 0 Å². The van der Waals surface area contributed by atoms with Gasteiger partial charge in [-0.2, -0.15) is 0 Å². The van der Waals surface area contributed by atoms with Gasteiger partial charge in [0.25, 0.3) is 5.56 Å². The molecule has 0 spiro atoms. The highest BCUT2D eigenvalue weighted by Crippen LogP contribution is 2.21. The maximum absolute atomic E-state index is 12.3. The highest BCUT2D eigenvalue weighted by molar-refractivity contribution is 5.64. The second-order valence-corrected chi connectivity index (χ2v) is 4.70. The number of nitrogens with zero attached hydrogens (tertiary/aromatic N) is 1. The average Bonchev–Trinajstić information content (AvgIpc) is 2.56.